The van der Waals surface area contributed by atoms with Crippen LogP contribution in [0.1, 0.15) is 27.5 Å². The molecule has 0 unspecified atom stereocenters. The molecule has 2 aromatic carbocycles. The number of aryl methyl sites for hydroxylation is 2. The molecule has 18 heavy (non-hydrogen) atoms. The van der Waals surface area contributed by atoms with E-state index in [9.17, 15) is 0 Å². The molecule has 0 fully saturated rings. The van der Waals surface area contributed by atoms with Gasteiger partial charge in [-0.05, 0) is 36.7 Å². The van der Waals surface area contributed by atoms with Crippen molar-refractivity contribution in [3.8, 4) is 5.40 Å². The number of thiocyanates is 1. The number of hydrogen-bond donors (Lipinski definition) is 0. The summed E-state index contributed by atoms with van der Waals surface area (Å²) >= 11 is 1.30. The lowest BCUT2D eigenvalue weighted by atomic mass is 10.0. The van der Waals surface area contributed by atoms with Crippen molar-refractivity contribution in [3.63, 3.8) is 0 Å². The van der Waals surface area contributed by atoms with Gasteiger partial charge < -0.3 is 0 Å². The number of rotatable bonds is 3. The Labute approximate surface area is 112 Å². The van der Waals surface area contributed by atoms with E-state index in [0.717, 1.165) is 0 Å². The first-order valence-electron chi connectivity index (χ1n) is 5.88. The second-order valence-corrected chi connectivity index (χ2v) is 5.30. The normalized spacial score (nSPS) is 10.3. The summed E-state index contributed by atoms with van der Waals surface area (Å²) in [7, 11) is 0. The standard InChI is InChI=1S/C16H15NS/c1-12-3-7-14(8-4-12)16(18-11-17)15-9-5-13(2)6-10-15/h3-10,16H,1-2H3. The minimum Gasteiger partial charge on any atom is -0.185 e. The molecule has 0 radical (unpaired) electrons. The third kappa shape index (κ3) is 2.94. The van der Waals surface area contributed by atoms with Crippen LogP contribution in [0.25, 0.3) is 0 Å². The van der Waals surface area contributed by atoms with Gasteiger partial charge in [-0.25, -0.2) is 0 Å². The summed E-state index contributed by atoms with van der Waals surface area (Å²) in [5.41, 5.74) is 4.83. The van der Waals surface area contributed by atoms with Gasteiger partial charge in [-0.3, -0.25) is 0 Å². The molecule has 0 saturated heterocycles. The van der Waals surface area contributed by atoms with E-state index in [-0.39, 0.29) is 5.25 Å². The predicted octanol–water partition coefficient (Wildman–Crippen LogP) is 4.61. The number of benzene rings is 2. The molecule has 0 bridgehead atoms. The minimum atomic E-state index is 0.0937. The average molecular weight is 253 g/mol. The summed E-state index contributed by atoms with van der Waals surface area (Å²) < 4.78 is 0. The molecule has 0 heterocycles. The Bertz CT molecular complexity index is 504. The molecule has 0 atom stereocenters. The van der Waals surface area contributed by atoms with Gasteiger partial charge in [-0.2, -0.15) is 5.26 Å². The Morgan fingerprint density at radius 2 is 1.22 bits per heavy atom. The molecule has 0 aromatic heterocycles. The van der Waals surface area contributed by atoms with Crippen molar-refractivity contribution < 1.29 is 0 Å². The summed E-state index contributed by atoms with van der Waals surface area (Å²) in [5.74, 6) is 0. The number of nitrogens with zero attached hydrogens (tertiary/aromatic N) is 1. The molecular weight excluding hydrogens is 238 g/mol. The van der Waals surface area contributed by atoms with Gasteiger partial charge in [0.25, 0.3) is 0 Å². The maximum atomic E-state index is 8.98. The van der Waals surface area contributed by atoms with Crippen LogP contribution in [0.4, 0.5) is 0 Å². The molecule has 0 aliphatic rings. The second kappa shape index (κ2) is 5.75. The number of nitriles is 1. The van der Waals surface area contributed by atoms with Gasteiger partial charge in [0.15, 0.2) is 0 Å². The van der Waals surface area contributed by atoms with E-state index in [4.69, 9.17) is 5.26 Å². The SMILES string of the molecule is Cc1ccc(C(SC#N)c2ccc(C)cc2)cc1. The predicted molar refractivity (Wildman–Crippen MR) is 77.4 cm³/mol. The maximum Gasteiger partial charge on any atom is 0.134 e. The topological polar surface area (TPSA) is 23.8 Å². The van der Waals surface area contributed by atoms with Crippen LogP contribution < -0.4 is 0 Å². The fraction of sp³-hybridized carbons (Fsp3) is 0.188. The lowest BCUT2D eigenvalue weighted by Crippen LogP contribution is -1.96. The molecule has 0 N–H and O–H groups in total. The van der Waals surface area contributed by atoms with Crippen LogP contribution in [-0.2, 0) is 0 Å². The van der Waals surface area contributed by atoms with Crippen LogP contribution in [0, 0.1) is 24.5 Å². The van der Waals surface area contributed by atoms with Gasteiger partial charge in [0, 0.05) is 0 Å². The van der Waals surface area contributed by atoms with Crippen molar-refractivity contribution in [3.05, 3.63) is 70.8 Å². The van der Waals surface area contributed by atoms with E-state index in [1.54, 1.807) is 0 Å². The smallest absolute Gasteiger partial charge is 0.134 e. The van der Waals surface area contributed by atoms with Crippen molar-refractivity contribution in [2.45, 2.75) is 19.1 Å². The Kier molecular flexibility index (Phi) is 4.07. The zero-order chi connectivity index (χ0) is 13.0. The van der Waals surface area contributed by atoms with E-state index in [1.807, 2.05) is 0 Å². The third-order valence-corrected chi connectivity index (χ3v) is 3.82. The van der Waals surface area contributed by atoms with E-state index in [0.29, 0.717) is 0 Å². The largest absolute Gasteiger partial charge is 0.185 e. The maximum absolute atomic E-state index is 8.98. The highest BCUT2D eigenvalue weighted by Crippen LogP contribution is 2.35. The molecule has 0 aliphatic heterocycles. The first kappa shape index (κ1) is 12.7. The monoisotopic (exact) mass is 253 g/mol. The van der Waals surface area contributed by atoms with Crippen LogP contribution in [0.5, 0.6) is 0 Å². The summed E-state index contributed by atoms with van der Waals surface area (Å²) in [6.07, 6.45) is 0. The fourth-order valence-electron chi connectivity index (χ4n) is 1.86. The molecule has 90 valence electrons. The Morgan fingerprint density at radius 1 is 0.833 bits per heavy atom. The molecular formula is C16H15NS. The van der Waals surface area contributed by atoms with Crippen molar-refractivity contribution in [2.24, 2.45) is 0 Å². The van der Waals surface area contributed by atoms with Crippen LogP contribution in [-0.4, -0.2) is 0 Å². The van der Waals surface area contributed by atoms with Crippen LogP contribution in [0.3, 0.4) is 0 Å². The lowest BCUT2D eigenvalue weighted by molar-refractivity contribution is 1.15. The molecule has 2 rings (SSSR count). The Balaban J connectivity index is 2.36. The van der Waals surface area contributed by atoms with E-state index >= 15 is 0 Å². The summed E-state index contributed by atoms with van der Waals surface area (Å²) in [4.78, 5) is 0. The van der Waals surface area contributed by atoms with Crippen molar-refractivity contribution in [1.29, 1.82) is 5.26 Å². The molecule has 2 aromatic rings. The van der Waals surface area contributed by atoms with Crippen LogP contribution >= 0.6 is 11.8 Å². The van der Waals surface area contributed by atoms with Gasteiger partial charge in [0.1, 0.15) is 5.40 Å². The Hall–Kier alpha value is -1.72. The molecule has 0 spiro atoms. The van der Waals surface area contributed by atoms with Crippen molar-refractivity contribution >= 4 is 11.8 Å². The number of hydrogen-bond acceptors (Lipinski definition) is 2. The second-order valence-electron chi connectivity index (χ2n) is 4.41. The Morgan fingerprint density at radius 3 is 1.56 bits per heavy atom. The van der Waals surface area contributed by atoms with Gasteiger partial charge in [-0.1, -0.05) is 59.7 Å². The molecule has 0 saturated carbocycles. The highest BCUT2D eigenvalue weighted by molar-refractivity contribution is 8.04. The van der Waals surface area contributed by atoms with Gasteiger partial charge in [0.2, 0.25) is 0 Å². The quantitative estimate of drug-likeness (QED) is 0.746. The first-order chi connectivity index (χ1) is 8.70. The lowest BCUT2D eigenvalue weighted by Gasteiger charge is -2.14. The molecule has 2 heteroatoms. The fourth-order valence-corrected chi connectivity index (χ4v) is 2.56. The highest BCUT2D eigenvalue weighted by atomic mass is 32.2. The summed E-state index contributed by atoms with van der Waals surface area (Å²) in [6, 6.07) is 16.8. The van der Waals surface area contributed by atoms with Crippen LogP contribution in [0.15, 0.2) is 48.5 Å². The molecule has 0 aliphatic carbocycles. The molecule has 1 nitrogen and oxygen atoms in total. The average Bonchev–Trinajstić information content (AvgIpc) is 2.39. The molecule has 0 amide bonds. The zero-order valence-corrected chi connectivity index (χ0v) is 11.4. The van der Waals surface area contributed by atoms with Crippen LogP contribution in [0.2, 0.25) is 0 Å². The van der Waals surface area contributed by atoms with Gasteiger partial charge >= 0.3 is 0 Å². The number of thioether (sulfide) groups is 1. The summed E-state index contributed by atoms with van der Waals surface area (Å²) in [5, 5.41) is 11.3. The summed E-state index contributed by atoms with van der Waals surface area (Å²) in [6.45, 7) is 4.14. The highest BCUT2D eigenvalue weighted by Gasteiger charge is 2.14. The van der Waals surface area contributed by atoms with Gasteiger partial charge in [-0.15, -0.1) is 0 Å². The zero-order valence-electron chi connectivity index (χ0n) is 10.6. The first-order valence-corrected chi connectivity index (χ1v) is 6.76. The van der Waals surface area contributed by atoms with E-state index in [1.165, 1.54) is 34.0 Å². The van der Waals surface area contributed by atoms with Crippen molar-refractivity contribution in [1.82, 2.24) is 0 Å². The van der Waals surface area contributed by atoms with E-state index < -0.39 is 0 Å². The van der Waals surface area contributed by atoms with Gasteiger partial charge in [0.05, 0.1) is 5.25 Å². The minimum absolute atomic E-state index is 0.0937. The van der Waals surface area contributed by atoms with E-state index in [2.05, 4.69) is 67.8 Å². The third-order valence-electron chi connectivity index (χ3n) is 2.93. The van der Waals surface area contributed by atoms with Crippen molar-refractivity contribution in [2.75, 3.05) is 0 Å².